The SMILES string of the molecule is COc1ccc(OC(C)c2nnc(SCc3ccccc3F)n2-c2ccccc2)cc1. The number of halogens is 1. The van der Waals surface area contributed by atoms with Crippen LogP contribution in [0.2, 0.25) is 0 Å². The third kappa shape index (κ3) is 4.88. The summed E-state index contributed by atoms with van der Waals surface area (Å²) in [5.41, 5.74) is 1.54. The van der Waals surface area contributed by atoms with Gasteiger partial charge in [0.1, 0.15) is 17.3 Å². The predicted octanol–water partition coefficient (Wildman–Crippen LogP) is 5.85. The van der Waals surface area contributed by atoms with E-state index in [4.69, 9.17) is 9.47 Å². The van der Waals surface area contributed by atoms with Crippen LogP contribution in [0.5, 0.6) is 11.5 Å². The minimum atomic E-state index is -0.357. The molecule has 1 atom stereocenters. The lowest BCUT2D eigenvalue weighted by Crippen LogP contribution is -2.11. The van der Waals surface area contributed by atoms with Crippen molar-refractivity contribution in [3.63, 3.8) is 0 Å². The number of ether oxygens (including phenoxy) is 2. The Morgan fingerprint density at radius 2 is 1.58 bits per heavy atom. The molecule has 7 heteroatoms. The van der Waals surface area contributed by atoms with E-state index < -0.39 is 0 Å². The number of hydrogen-bond donors (Lipinski definition) is 0. The summed E-state index contributed by atoms with van der Waals surface area (Å²) in [5.74, 6) is 2.36. The first kappa shape index (κ1) is 20.9. The fourth-order valence-electron chi connectivity index (χ4n) is 3.13. The third-order valence-electron chi connectivity index (χ3n) is 4.72. The normalized spacial score (nSPS) is 11.8. The van der Waals surface area contributed by atoms with Gasteiger partial charge in [-0.2, -0.15) is 0 Å². The summed E-state index contributed by atoms with van der Waals surface area (Å²) in [6.07, 6.45) is -0.357. The quantitative estimate of drug-likeness (QED) is 0.325. The van der Waals surface area contributed by atoms with Crippen molar-refractivity contribution in [3.8, 4) is 17.2 Å². The van der Waals surface area contributed by atoms with E-state index in [0.717, 1.165) is 11.4 Å². The monoisotopic (exact) mass is 435 g/mol. The molecule has 1 aromatic heterocycles. The summed E-state index contributed by atoms with van der Waals surface area (Å²) in [7, 11) is 1.63. The lowest BCUT2D eigenvalue weighted by atomic mass is 10.2. The molecule has 0 N–H and O–H groups in total. The minimum Gasteiger partial charge on any atom is -0.497 e. The van der Waals surface area contributed by atoms with Gasteiger partial charge in [0.05, 0.1) is 7.11 Å². The molecule has 3 aromatic carbocycles. The van der Waals surface area contributed by atoms with Crippen LogP contribution in [0.15, 0.2) is 84.0 Å². The van der Waals surface area contributed by atoms with Crippen molar-refractivity contribution in [3.05, 3.63) is 96.1 Å². The number of methoxy groups -OCH3 is 1. The van der Waals surface area contributed by atoms with E-state index in [1.54, 1.807) is 19.2 Å². The van der Waals surface area contributed by atoms with Gasteiger partial charge >= 0.3 is 0 Å². The molecule has 0 bridgehead atoms. The van der Waals surface area contributed by atoms with Gasteiger partial charge in [-0.15, -0.1) is 10.2 Å². The van der Waals surface area contributed by atoms with E-state index in [1.165, 1.54) is 17.8 Å². The van der Waals surface area contributed by atoms with E-state index >= 15 is 0 Å². The number of aromatic nitrogens is 3. The fourth-order valence-corrected chi connectivity index (χ4v) is 4.07. The number of hydrogen-bond acceptors (Lipinski definition) is 5. The summed E-state index contributed by atoms with van der Waals surface area (Å²) in [6.45, 7) is 1.93. The topological polar surface area (TPSA) is 49.2 Å². The number of rotatable bonds is 8. The Bertz CT molecular complexity index is 1130. The summed E-state index contributed by atoms with van der Waals surface area (Å²) < 4.78 is 27.3. The van der Waals surface area contributed by atoms with E-state index in [1.807, 2.05) is 72.2 Å². The number of thioether (sulfide) groups is 1. The molecule has 0 saturated heterocycles. The molecule has 1 heterocycles. The van der Waals surface area contributed by atoms with Gasteiger partial charge in [0, 0.05) is 11.4 Å². The van der Waals surface area contributed by atoms with Crippen LogP contribution < -0.4 is 9.47 Å². The van der Waals surface area contributed by atoms with Crippen LogP contribution >= 0.6 is 11.8 Å². The Kier molecular flexibility index (Phi) is 6.52. The maximum atomic E-state index is 14.1. The molecular formula is C24H22FN3O2S. The van der Waals surface area contributed by atoms with Crippen LogP contribution in [-0.4, -0.2) is 21.9 Å². The Morgan fingerprint density at radius 1 is 0.903 bits per heavy atom. The number of benzene rings is 3. The highest BCUT2D eigenvalue weighted by molar-refractivity contribution is 7.98. The zero-order valence-corrected chi connectivity index (χ0v) is 18.1. The van der Waals surface area contributed by atoms with Gasteiger partial charge in [-0.1, -0.05) is 48.2 Å². The Labute approximate surface area is 184 Å². The second-order valence-electron chi connectivity index (χ2n) is 6.83. The number of nitrogens with zero attached hydrogens (tertiary/aromatic N) is 3. The lowest BCUT2D eigenvalue weighted by molar-refractivity contribution is 0.213. The molecule has 0 saturated carbocycles. The molecule has 0 fully saturated rings. The summed E-state index contributed by atoms with van der Waals surface area (Å²) in [5, 5.41) is 9.46. The number of para-hydroxylation sites is 1. The smallest absolute Gasteiger partial charge is 0.196 e. The van der Waals surface area contributed by atoms with Crippen LogP contribution in [0.4, 0.5) is 4.39 Å². The summed E-state index contributed by atoms with van der Waals surface area (Å²) >= 11 is 1.44. The van der Waals surface area contributed by atoms with Gasteiger partial charge in [0.2, 0.25) is 0 Å². The molecule has 4 rings (SSSR count). The van der Waals surface area contributed by atoms with Gasteiger partial charge in [0.25, 0.3) is 0 Å². The molecule has 1 unspecified atom stereocenters. The third-order valence-corrected chi connectivity index (χ3v) is 5.70. The van der Waals surface area contributed by atoms with E-state index in [0.29, 0.717) is 28.0 Å². The molecule has 0 radical (unpaired) electrons. The Morgan fingerprint density at radius 3 is 2.29 bits per heavy atom. The Hall–Kier alpha value is -3.32. The van der Waals surface area contributed by atoms with Gasteiger partial charge in [0.15, 0.2) is 17.1 Å². The molecule has 4 aromatic rings. The van der Waals surface area contributed by atoms with Crippen molar-refractivity contribution in [1.29, 1.82) is 0 Å². The van der Waals surface area contributed by atoms with E-state index in [2.05, 4.69) is 10.2 Å². The molecule has 31 heavy (non-hydrogen) atoms. The molecular weight excluding hydrogens is 413 g/mol. The summed E-state index contributed by atoms with van der Waals surface area (Å²) in [6, 6.07) is 24.0. The predicted molar refractivity (Wildman–Crippen MR) is 119 cm³/mol. The first-order valence-corrected chi connectivity index (χ1v) is 10.8. The zero-order chi connectivity index (χ0) is 21.6. The zero-order valence-electron chi connectivity index (χ0n) is 17.2. The maximum absolute atomic E-state index is 14.1. The first-order valence-electron chi connectivity index (χ1n) is 9.83. The molecule has 158 valence electrons. The van der Waals surface area contributed by atoms with Crippen LogP contribution in [-0.2, 0) is 5.75 Å². The van der Waals surface area contributed by atoms with Crippen LogP contribution in [0.3, 0.4) is 0 Å². The standard InChI is InChI=1S/C24H22FN3O2S/c1-17(30-21-14-12-20(29-2)13-15-21)23-26-27-24(28(23)19-9-4-3-5-10-19)31-16-18-8-6-7-11-22(18)25/h3-15,17H,16H2,1-2H3. The maximum Gasteiger partial charge on any atom is 0.196 e. The molecule has 0 spiro atoms. The van der Waals surface area contributed by atoms with Gasteiger partial charge in [-0.25, -0.2) is 4.39 Å². The minimum absolute atomic E-state index is 0.225. The second-order valence-corrected chi connectivity index (χ2v) is 7.77. The van der Waals surface area contributed by atoms with Crippen molar-refractivity contribution in [2.45, 2.75) is 23.9 Å². The molecule has 0 aliphatic carbocycles. The molecule has 0 aliphatic rings. The van der Waals surface area contributed by atoms with Crippen molar-refractivity contribution in [1.82, 2.24) is 14.8 Å². The van der Waals surface area contributed by atoms with Crippen LogP contribution in [0.25, 0.3) is 5.69 Å². The average Bonchev–Trinajstić information content (AvgIpc) is 3.24. The summed E-state index contributed by atoms with van der Waals surface area (Å²) in [4.78, 5) is 0. The average molecular weight is 436 g/mol. The second kappa shape index (κ2) is 9.66. The largest absolute Gasteiger partial charge is 0.497 e. The van der Waals surface area contributed by atoms with Crippen molar-refractivity contribution in [2.75, 3.05) is 7.11 Å². The molecule has 5 nitrogen and oxygen atoms in total. The Balaban J connectivity index is 1.61. The van der Waals surface area contributed by atoms with E-state index in [9.17, 15) is 4.39 Å². The first-order chi connectivity index (χ1) is 15.2. The molecule has 0 aliphatic heterocycles. The van der Waals surface area contributed by atoms with Crippen molar-refractivity contribution < 1.29 is 13.9 Å². The van der Waals surface area contributed by atoms with Gasteiger partial charge in [-0.3, -0.25) is 4.57 Å². The van der Waals surface area contributed by atoms with Crippen molar-refractivity contribution in [2.24, 2.45) is 0 Å². The highest BCUT2D eigenvalue weighted by Gasteiger charge is 2.21. The highest BCUT2D eigenvalue weighted by atomic mass is 32.2. The lowest BCUT2D eigenvalue weighted by Gasteiger charge is -2.17. The fraction of sp³-hybridized carbons (Fsp3) is 0.167. The van der Waals surface area contributed by atoms with Gasteiger partial charge in [-0.05, 0) is 55.0 Å². The van der Waals surface area contributed by atoms with Crippen LogP contribution in [0.1, 0.15) is 24.4 Å². The highest BCUT2D eigenvalue weighted by Crippen LogP contribution is 2.30. The van der Waals surface area contributed by atoms with Crippen LogP contribution in [0, 0.1) is 5.82 Å². The van der Waals surface area contributed by atoms with Gasteiger partial charge < -0.3 is 9.47 Å². The van der Waals surface area contributed by atoms with Crippen molar-refractivity contribution >= 4 is 11.8 Å². The van der Waals surface area contributed by atoms with E-state index in [-0.39, 0.29) is 11.9 Å². The molecule has 0 amide bonds.